The van der Waals surface area contributed by atoms with E-state index in [4.69, 9.17) is 0 Å². The first kappa shape index (κ1) is 18.1. The van der Waals surface area contributed by atoms with Crippen LogP contribution in [0.2, 0.25) is 0 Å². The van der Waals surface area contributed by atoms with E-state index in [-0.39, 0.29) is 0 Å². The first-order valence-electron chi connectivity index (χ1n) is 7.78. The molecule has 0 aliphatic rings. The molecule has 0 saturated carbocycles. The first-order valence-corrected chi connectivity index (χ1v) is 9.22. The van der Waals surface area contributed by atoms with Crippen LogP contribution >= 0.6 is 0 Å². The summed E-state index contributed by atoms with van der Waals surface area (Å²) in [5.41, 5.74) is 1.16. The average Bonchev–Trinajstić information content (AvgIpc) is 2.49. The largest absolute Gasteiger partial charge is 0.316 e. The molecule has 21 heavy (non-hydrogen) atoms. The Morgan fingerprint density at radius 2 is 1.71 bits per heavy atom. The van der Waals surface area contributed by atoms with Crippen LogP contribution in [0, 0.1) is 0 Å². The number of unbranched alkanes of at least 4 members (excludes halogenated alkanes) is 1. The third-order valence-electron chi connectivity index (χ3n) is 3.48. The average molecular weight is 312 g/mol. The molecule has 0 aliphatic heterocycles. The lowest BCUT2D eigenvalue weighted by Crippen LogP contribution is -2.27. The van der Waals surface area contributed by atoms with Crippen molar-refractivity contribution in [2.75, 3.05) is 26.7 Å². The molecule has 0 aliphatic carbocycles. The Morgan fingerprint density at radius 1 is 1.05 bits per heavy atom. The van der Waals surface area contributed by atoms with Crippen LogP contribution in [-0.2, 0) is 16.4 Å². The van der Waals surface area contributed by atoms with Gasteiger partial charge < -0.3 is 5.32 Å². The predicted molar refractivity (Wildman–Crippen MR) is 88.0 cm³/mol. The summed E-state index contributed by atoms with van der Waals surface area (Å²) >= 11 is 0. The molecule has 0 spiro atoms. The van der Waals surface area contributed by atoms with E-state index in [2.05, 4.69) is 19.2 Å². The zero-order valence-corrected chi connectivity index (χ0v) is 14.2. The summed E-state index contributed by atoms with van der Waals surface area (Å²) in [6.45, 7) is 6.72. The van der Waals surface area contributed by atoms with Gasteiger partial charge in [0, 0.05) is 13.6 Å². The molecule has 0 amide bonds. The minimum Gasteiger partial charge on any atom is -0.316 e. The third-order valence-corrected chi connectivity index (χ3v) is 5.35. The molecule has 1 rings (SSSR count). The van der Waals surface area contributed by atoms with Crippen molar-refractivity contribution in [3.8, 4) is 0 Å². The number of nitrogens with zero attached hydrogens (tertiary/aromatic N) is 1. The molecule has 4 nitrogen and oxygen atoms in total. The second kappa shape index (κ2) is 9.18. The molecule has 0 radical (unpaired) electrons. The van der Waals surface area contributed by atoms with E-state index in [1.54, 1.807) is 19.2 Å². The standard InChI is InChI=1S/C16H28N2O2S/c1-4-6-14-18(3)21(19,20)16-9-7-15(8-10-16)11-13-17-12-5-2/h7-10,17H,4-6,11-14H2,1-3H3. The Morgan fingerprint density at radius 3 is 2.29 bits per heavy atom. The van der Waals surface area contributed by atoms with Gasteiger partial charge in [-0.3, -0.25) is 0 Å². The highest BCUT2D eigenvalue weighted by Gasteiger charge is 2.19. The topological polar surface area (TPSA) is 49.4 Å². The number of hydrogen-bond donors (Lipinski definition) is 1. The molecule has 0 fully saturated rings. The molecule has 1 N–H and O–H groups in total. The van der Waals surface area contributed by atoms with E-state index in [1.807, 2.05) is 12.1 Å². The van der Waals surface area contributed by atoms with Crippen molar-refractivity contribution in [1.82, 2.24) is 9.62 Å². The number of rotatable bonds is 10. The monoisotopic (exact) mass is 312 g/mol. The van der Waals surface area contributed by atoms with E-state index in [1.165, 1.54) is 4.31 Å². The first-order chi connectivity index (χ1) is 10.0. The Bertz CT molecular complexity index is 498. The van der Waals surface area contributed by atoms with Crippen molar-refractivity contribution in [1.29, 1.82) is 0 Å². The van der Waals surface area contributed by atoms with E-state index < -0.39 is 10.0 Å². The SMILES string of the molecule is CCCCN(C)S(=O)(=O)c1ccc(CCNCCC)cc1. The highest BCUT2D eigenvalue weighted by molar-refractivity contribution is 7.89. The fourth-order valence-electron chi connectivity index (χ4n) is 2.04. The van der Waals surface area contributed by atoms with E-state index >= 15 is 0 Å². The summed E-state index contributed by atoms with van der Waals surface area (Å²) in [4.78, 5) is 0.381. The van der Waals surface area contributed by atoms with Crippen LogP contribution in [0.4, 0.5) is 0 Å². The van der Waals surface area contributed by atoms with Gasteiger partial charge >= 0.3 is 0 Å². The summed E-state index contributed by atoms with van der Waals surface area (Å²) in [7, 11) is -1.69. The molecule has 0 saturated heterocycles. The number of hydrogen-bond acceptors (Lipinski definition) is 3. The molecule has 0 atom stereocenters. The van der Waals surface area contributed by atoms with Gasteiger partial charge in [0.05, 0.1) is 4.90 Å². The van der Waals surface area contributed by atoms with Crippen LogP contribution in [0.15, 0.2) is 29.2 Å². The lowest BCUT2D eigenvalue weighted by molar-refractivity contribution is 0.459. The highest BCUT2D eigenvalue weighted by atomic mass is 32.2. The van der Waals surface area contributed by atoms with Gasteiger partial charge in [-0.25, -0.2) is 12.7 Å². The summed E-state index contributed by atoms with van der Waals surface area (Å²) in [6, 6.07) is 7.25. The second-order valence-corrected chi connectivity index (χ2v) is 7.37. The summed E-state index contributed by atoms with van der Waals surface area (Å²) in [5, 5.41) is 3.34. The predicted octanol–water partition coefficient (Wildman–Crippen LogP) is 2.65. The molecule has 5 heteroatoms. The minimum atomic E-state index is -3.34. The quantitative estimate of drug-likeness (QED) is 0.676. The van der Waals surface area contributed by atoms with Gasteiger partial charge in [-0.1, -0.05) is 32.4 Å². The maximum atomic E-state index is 12.4. The Hall–Kier alpha value is -0.910. The molecule has 0 unspecified atom stereocenters. The molecular formula is C16H28N2O2S. The third kappa shape index (κ3) is 5.77. The van der Waals surface area contributed by atoms with Crippen molar-refractivity contribution in [3.05, 3.63) is 29.8 Å². The number of benzene rings is 1. The van der Waals surface area contributed by atoms with Crippen LogP contribution < -0.4 is 5.32 Å². The van der Waals surface area contributed by atoms with Gasteiger partial charge in [0.15, 0.2) is 0 Å². The molecule has 0 bridgehead atoms. The smallest absolute Gasteiger partial charge is 0.242 e. The van der Waals surface area contributed by atoms with Crippen molar-refractivity contribution in [2.24, 2.45) is 0 Å². The second-order valence-electron chi connectivity index (χ2n) is 5.32. The normalized spacial score (nSPS) is 12.0. The van der Waals surface area contributed by atoms with E-state index in [0.717, 1.165) is 44.3 Å². The molecule has 0 aromatic heterocycles. The molecular weight excluding hydrogens is 284 g/mol. The van der Waals surface area contributed by atoms with Gasteiger partial charge in [0.2, 0.25) is 10.0 Å². The summed E-state index contributed by atoms with van der Waals surface area (Å²) in [5.74, 6) is 0. The lowest BCUT2D eigenvalue weighted by Gasteiger charge is -2.17. The van der Waals surface area contributed by atoms with Gasteiger partial charge in [-0.2, -0.15) is 0 Å². The number of sulfonamides is 1. The summed E-state index contributed by atoms with van der Waals surface area (Å²) < 4.78 is 26.2. The fraction of sp³-hybridized carbons (Fsp3) is 0.625. The van der Waals surface area contributed by atoms with Crippen molar-refractivity contribution >= 4 is 10.0 Å². The maximum Gasteiger partial charge on any atom is 0.242 e. The zero-order chi connectivity index (χ0) is 15.7. The minimum absolute atomic E-state index is 0.381. The highest BCUT2D eigenvalue weighted by Crippen LogP contribution is 2.16. The Balaban J connectivity index is 2.63. The van der Waals surface area contributed by atoms with Crippen molar-refractivity contribution in [2.45, 2.75) is 44.4 Å². The van der Waals surface area contributed by atoms with E-state index in [0.29, 0.717) is 11.4 Å². The fourth-order valence-corrected chi connectivity index (χ4v) is 3.25. The number of nitrogens with one attached hydrogen (secondary N) is 1. The van der Waals surface area contributed by atoms with Crippen LogP contribution in [0.25, 0.3) is 0 Å². The van der Waals surface area contributed by atoms with Gasteiger partial charge in [-0.05, 0) is 50.0 Å². The van der Waals surface area contributed by atoms with Crippen LogP contribution in [0.5, 0.6) is 0 Å². The molecule has 0 heterocycles. The lowest BCUT2D eigenvalue weighted by atomic mass is 10.1. The van der Waals surface area contributed by atoms with Crippen molar-refractivity contribution in [3.63, 3.8) is 0 Å². The van der Waals surface area contributed by atoms with Gasteiger partial charge in [0.25, 0.3) is 0 Å². The van der Waals surface area contributed by atoms with Crippen molar-refractivity contribution < 1.29 is 8.42 Å². The Labute approximate surface area is 129 Å². The molecule has 120 valence electrons. The van der Waals surface area contributed by atoms with E-state index in [9.17, 15) is 8.42 Å². The Kier molecular flexibility index (Phi) is 7.93. The van der Waals surface area contributed by atoms with Gasteiger partial charge in [-0.15, -0.1) is 0 Å². The van der Waals surface area contributed by atoms with Gasteiger partial charge in [0.1, 0.15) is 0 Å². The van der Waals surface area contributed by atoms with Crippen LogP contribution in [0.1, 0.15) is 38.7 Å². The van der Waals surface area contributed by atoms with Crippen LogP contribution in [-0.4, -0.2) is 39.4 Å². The van der Waals surface area contributed by atoms with Crippen LogP contribution in [0.3, 0.4) is 0 Å². The summed E-state index contributed by atoms with van der Waals surface area (Å²) in [6.07, 6.45) is 3.92. The molecule has 1 aromatic rings. The molecule has 1 aromatic carbocycles. The zero-order valence-electron chi connectivity index (χ0n) is 13.4. The maximum absolute atomic E-state index is 12.4.